The van der Waals surface area contributed by atoms with Crippen LogP contribution in [-0.2, 0) is 10.0 Å². The largest absolute Gasteiger partial charge is 0.320 e. The highest BCUT2D eigenvalue weighted by Crippen LogP contribution is 2.23. The van der Waals surface area contributed by atoms with Crippen LogP contribution >= 0.6 is 11.6 Å². The van der Waals surface area contributed by atoms with Crippen molar-refractivity contribution >= 4 is 49.8 Å². The van der Waals surface area contributed by atoms with Crippen molar-refractivity contribution in [1.82, 2.24) is 4.98 Å². The summed E-state index contributed by atoms with van der Waals surface area (Å²) in [4.78, 5) is 16.7. The van der Waals surface area contributed by atoms with E-state index >= 15 is 0 Å². The lowest BCUT2D eigenvalue weighted by atomic mass is 10.1. The average molecular weight is 456 g/mol. The van der Waals surface area contributed by atoms with Crippen LogP contribution in [-0.4, -0.2) is 19.3 Å². The molecule has 0 unspecified atom stereocenters. The van der Waals surface area contributed by atoms with Crippen molar-refractivity contribution < 1.29 is 17.6 Å². The Labute approximate surface area is 182 Å². The molecule has 156 valence electrons. The van der Waals surface area contributed by atoms with Crippen molar-refractivity contribution in [2.45, 2.75) is 4.90 Å². The number of carbonyl (C=O) groups excluding carboxylic acids is 1. The molecule has 0 saturated carbocycles. The highest BCUT2D eigenvalue weighted by atomic mass is 35.5. The van der Waals surface area contributed by atoms with Crippen molar-refractivity contribution in [2.75, 3.05) is 10.0 Å². The van der Waals surface area contributed by atoms with Crippen LogP contribution < -0.4 is 10.0 Å². The number of hydrogen-bond donors (Lipinski definition) is 2. The number of rotatable bonds is 5. The number of aromatic nitrogens is 1. The van der Waals surface area contributed by atoms with Crippen LogP contribution in [0.25, 0.3) is 10.9 Å². The van der Waals surface area contributed by atoms with Crippen LogP contribution in [0.4, 0.5) is 15.8 Å². The second-order valence-corrected chi connectivity index (χ2v) is 8.68. The Morgan fingerprint density at radius 1 is 0.968 bits per heavy atom. The van der Waals surface area contributed by atoms with Gasteiger partial charge in [-0.05, 0) is 54.6 Å². The maximum atomic E-state index is 13.3. The molecule has 0 aliphatic heterocycles. The minimum absolute atomic E-state index is 0.177. The third-order valence-corrected chi connectivity index (χ3v) is 6.15. The number of sulfonamides is 1. The first-order valence-electron chi connectivity index (χ1n) is 9.06. The number of nitrogens with zero attached hydrogens (tertiary/aromatic N) is 1. The number of anilines is 2. The van der Waals surface area contributed by atoms with Gasteiger partial charge in [0.2, 0.25) is 0 Å². The van der Waals surface area contributed by atoms with Gasteiger partial charge in [-0.3, -0.25) is 14.5 Å². The van der Waals surface area contributed by atoms with Crippen molar-refractivity contribution in [3.63, 3.8) is 0 Å². The monoisotopic (exact) mass is 455 g/mol. The molecule has 3 aromatic carbocycles. The SMILES string of the molecule is O=C(Nc1cccc2cccnc12)c1ccc(NS(=O)(=O)c2ccc(F)c(Cl)c2)cc1. The third kappa shape index (κ3) is 4.50. The minimum Gasteiger partial charge on any atom is -0.320 e. The van der Waals surface area contributed by atoms with E-state index in [9.17, 15) is 17.6 Å². The fourth-order valence-corrected chi connectivity index (χ4v) is 4.28. The summed E-state index contributed by atoms with van der Waals surface area (Å²) in [6.45, 7) is 0. The predicted molar refractivity (Wildman–Crippen MR) is 118 cm³/mol. The second kappa shape index (κ2) is 8.33. The van der Waals surface area contributed by atoms with Gasteiger partial charge in [-0.2, -0.15) is 0 Å². The Balaban J connectivity index is 1.51. The molecule has 1 heterocycles. The van der Waals surface area contributed by atoms with E-state index < -0.39 is 15.8 Å². The number of para-hydroxylation sites is 1. The summed E-state index contributed by atoms with van der Waals surface area (Å²) in [7, 11) is -3.97. The molecule has 9 heteroatoms. The van der Waals surface area contributed by atoms with Crippen LogP contribution in [0.3, 0.4) is 0 Å². The highest BCUT2D eigenvalue weighted by molar-refractivity contribution is 7.92. The first-order valence-corrected chi connectivity index (χ1v) is 10.9. The molecule has 4 rings (SSSR count). The van der Waals surface area contributed by atoms with Crippen LogP contribution in [0.1, 0.15) is 10.4 Å². The Morgan fingerprint density at radius 3 is 2.45 bits per heavy atom. The maximum absolute atomic E-state index is 13.3. The first-order chi connectivity index (χ1) is 14.8. The van der Waals surface area contributed by atoms with Crippen molar-refractivity contribution in [1.29, 1.82) is 0 Å². The Morgan fingerprint density at radius 2 is 1.71 bits per heavy atom. The van der Waals surface area contributed by atoms with Gasteiger partial charge in [0, 0.05) is 22.8 Å². The lowest BCUT2D eigenvalue weighted by Gasteiger charge is -2.10. The van der Waals surface area contributed by atoms with E-state index in [0.717, 1.165) is 23.6 Å². The number of pyridine rings is 1. The molecule has 0 atom stereocenters. The summed E-state index contributed by atoms with van der Waals surface area (Å²) in [5.74, 6) is -1.07. The quantitative estimate of drug-likeness (QED) is 0.439. The van der Waals surface area contributed by atoms with Gasteiger partial charge in [0.1, 0.15) is 5.82 Å². The zero-order valence-corrected chi connectivity index (χ0v) is 17.4. The van der Waals surface area contributed by atoms with Crippen molar-refractivity contribution in [2.24, 2.45) is 0 Å². The number of carbonyl (C=O) groups is 1. The number of benzene rings is 3. The zero-order chi connectivity index (χ0) is 22.0. The van der Waals surface area contributed by atoms with Gasteiger partial charge in [0.15, 0.2) is 0 Å². The summed E-state index contributed by atoms with van der Waals surface area (Å²) < 4.78 is 40.6. The molecule has 6 nitrogen and oxygen atoms in total. The smallest absolute Gasteiger partial charge is 0.261 e. The minimum atomic E-state index is -3.97. The van der Waals surface area contributed by atoms with Crippen molar-refractivity contribution in [3.8, 4) is 0 Å². The van der Waals surface area contributed by atoms with Crippen LogP contribution in [0, 0.1) is 5.82 Å². The molecule has 0 spiro atoms. The topological polar surface area (TPSA) is 88.2 Å². The fourth-order valence-electron chi connectivity index (χ4n) is 2.95. The predicted octanol–water partition coefficient (Wildman–Crippen LogP) is 5.08. The van der Waals surface area contributed by atoms with E-state index in [4.69, 9.17) is 11.6 Å². The lowest BCUT2D eigenvalue weighted by molar-refractivity contribution is 0.102. The molecule has 0 aliphatic carbocycles. The highest BCUT2D eigenvalue weighted by Gasteiger charge is 2.16. The number of hydrogen-bond acceptors (Lipinski definition) is 4. The molecule has 31 heavy (non-hydrogen) atoms. The first kappa shape index (κ1) is 20.8. The van der Waals surface area contributed by atoms with E-state index in [1.807, 2.05) is 24.3 Å². The summed E-state index contributed by atoms with van der Waals surface area (Å²) in [5.41, 5.74) is 1.81. The number of fused-ring (bicyclic) bond motifs is 1. The molecule has 0 aliphatic rings. The lowest BCUT2D eigenvalue weighted by Crippen LogP contribution is -2.14. The maximum Gasteiger partial charge on any atom is 0.261 e. The molecule has 0 radical (unpaired) electrons. The van der Waals surface area contributed by atoms with Crippen LogP contribution in [0.15, 0.2) is 83.9 Å². The summed E-state index contributed by atoms with van der Waals surface area (Å²) in [5, 5.41) is 3.42. The molecule has 1 aromatic heterocycles. The van der Waals surface area contributed by atoms with Crippen molar-refractivity contribution in [3.05, 3.63) is 95.4 Å². The van der Waals surface area contributed by atoms with Crippen LogP contribution in [0.5, 0.6) is 0 Å². The molecule has 1 amide bonds. The van der Waals surface area contributed by atoms with Gasteiger partial charge in [-0.15, -0.1) is 0 Å². The Kier molecular flexibility index (Phi) is 5.58. The number of nitrogens with one attached hydrogen (secondary N) is 2. The number of amides is 1. The molecule has 0 bridgehead atoms. The molecule has 0 saturated heterocycles. The van der Waals surface area contributed by atoms with E-state index in [1.54, 1.807) is 12.3 Å². The Hall–Kier alpha value is -3.49. The van der Waals surface area contributed by atoms with E-state index in [1.165, 1.54) is 24.3 Å². The van der Waals surface area contributed by atoms with Gasteiger partial charge < -0.3 is 5.32 Å². The molecule has 4 aromatic rings. The normalized spacial score (nSPS) is 11.3. The fraction of sp³-hybridized carbons (Fsp3) is 0. The van der Waals surface area contributed by atoms with Gasteiger partial charge in [-0.25, -0.2) is 12.8 Å². The van der Waals surface area contributed by atoms with Gasteiger partial charge in [0.25, 0.3) is 15.9 Å². The molecular weight excluding hydrogens is 441 g/mol. The second-order valence-electron chi connectivity index (χ2n) is 6.59. The third-order valence-electron chi connectivity index (χ3n) is 4.48. The van der Waals surface area contributed by atoms with Gasteiger partial charge in [0.05, 0.1) is 21.1 Å². The zero-order valence-electron chi connectivity index (χ0n) is 15.8. The molecule has 0 fully saturated rings. The summed E-state index contributed by atoms with van der Waals surface area (Å²) >= 11 is 5.67. The van der Waals surface area contributed by atoms with Crippen LogP contribution in [0.2, 0.25) is 5.02 Å². The van der Waals surface area contributed by atoms with E-state index in [2.05, 4.69) is 15.0 Å². The van der Waals surface area contributed by atoms with E-state index in [-0.39, 0.29) is 21.5 Å². The summed E-state index contributed by atoms with van der Waals surface area (Å²) in [6.07, 6.45) is 1.65. The number of halogens is 2. The standard InChI is InChI=1S/C22H15ClFN3O3S/c23-18-13-17(10-11-19(18)24)31(29,30)27-16-8-6-15(7-9-16)22(28)26-20-5-1-3-14-4-2-12-25-21(14)20/h1-13,27H,(H,26,28). The Bertz CT molecular complexity index is 1390. The molecular formula is C22H15ClFN3O3S. The van der Waals surface area contributed by atoms with E-state index in [0.29, 0.717) is 16.8 Å². The molecule has 2 N–H and O–H groups in total. The van der Waals surface area contributed by atoms with Gasteiger partial charge >= 0.3 is 0 Å². The van der Waals surface area contributed by atoms with Gasteiger partial charge in [-0.1, -0.05) is 29.8 Å². The average Bonchev–Trinajstić information content (AvgIpc) is 2.76. The summed E-state index contributed by atoms with van der Waals surface area (Å²) in [6, 6.07) is 18.2.